The highest BCUT2D eigenvalue weighted by Crippen LogP contribution is 2.26. The van der Waals surface area contributed by atoms with Gasteiger partial charge in [0.2, 0.25) is 0 Å². The van der Waals surface area contributed by atoms with Crippen molar-refractivity contribution in [2.24, 2.45) is 5.73 Å². The second kappa shape index (κ2) is 5.32. The van der Waals surface area contributed by atoms with Gasteiger partial charge in [-0.1, -0.05) is 6.92 Å². The van der Waals surface area contributed by atoms with Crippen molar-refractivity contribution < 1.29 is 5.11 Å². The van der Waals surface area contributed by atoms with Crippen molar-refractivity contribution in [3.63, 3.8) is 0 Å². The average molecular weight is 200 g/mol. The molecule has 2 atom stereocenters. The van der Waals surface area contributed by atoms with Crippen molar-refractivity contribution in [1.29, 1.82) is 0 Å². The van der Waals surface area contributed by atoms with Crippen LogP contribution in [0.15, 0.2) is 11.7 Å². The monoisotopic (exact) mass is 200 g/mol. The molecule has 0 amide bonds. The predicted octanol–water partition coefficient (Wildman–Crippen LogP) is 1.35. The summed E-state index contributed by atoms with van der Waals surface area (Å²) in [5.41, 5.74) is 7.77. The lowest BCUT2D eigenvalue weighted by Crippen LogP contribution is -2.27. The normalized spacial score (nSPS) is 15.6. The van der Waals surface area contributed by atoms with E-state index in [4.69, 9.17) is 10.8 Å². The van der Waals surface area contributed by atoms with Gasteiger partial charge in [-0.25, -0.2) is 0 Å². The summed E-state index contributed by atoms with van der Waals surface area (Å²) in [7, 11) is 0. The molecule has 1 aromatic heterocycles. The van der Waals surface area contributed by atoms with E-state index in [1.54, 1.807) is 11.3 Å². The molecule has 74 valence electrons. The minimum atomic E-state index is 0.132. The summed E-state index contributed by atoms with van der Waals surface area (Å²) in [6, 6.07) is 0.132. The van der Waals surface area contributed by atoms with Gasteiger partial charge < -0.3 is 10.8 Å². The van der Waals surface area contributed by atoms with Crippen molar-refractivity contribution in [3.05, 3.63) is 16.6 Å². The second-order valence-electron chi connectivity index (χ2n) is 3.09. The molecule has 0 radical (unpaired) electrons. The van der Waals surface area contributed by atoms with Crippen LogP contribution < -0.4 is 5.73 Å². The molecular weight excluding hydrogens is 184 g/mol. The molecule has 0 bridgehead atoms. The third-order valence-corrected chi connectivity index (χ3v) is 3.15. The van der Waals surface area contributed by atoms with Crippen molar-refractivity contribution in [2.75, 3.05) is 6.61 Å². The van der Waals surface area contributed by atoms with Gasteiger partial charge in [-0.3, -0.25) is 4.98 Å². The van der Waals surface area contributed by atoms with Gasteiger partial charge in [0, 0.05) is 29.6 Å². The number of hydrogen-bond donors (Lipinski definition) is 2. The fraction of sp³-hybridized carbons (Fsp3) is 0.667. The zero-order valence-electron chi connectivity index (χ0n) is 7.81. The summed E-state index contributed by atoms with van der Waals surface area (Å²) in [6.07, 6.45) is 3.51. The molecule has 2 unspecified atom stereocenters. The van der Waals surface area contributed by atoms with Crippen molar-refractivity contribution in [2.45, 2.75) is 31.7 Å². The first-order valence-corrected chi connectivity index (χ1v) is 5.42. The number of thiazole rings is 1. The van der Waals surface area contributed by atoms with Crippen LogP contribution in [0.4, 0.5) is 0 Å². The molecular formula is C9H16N2OS. The van der Waals surface area contributed by atoms with Crippen LogP contribution in [0.3, 0.4) is 0 Å². The van der Waals surface area contributed by atoms with Crippen LogP contribution in [0.25, 0.3) is 0 Å². The van der Waals surface area contributed by atoms with E-state index < -0.39 is 0 Å². The van der Waals surface area contributed by atoms with Crippen molar-refractivity contribution in [1.82, 2.24) is 4.98 Å². The van der Waals surface area contributed by atoms with E-state index in [0.29, 0.717) is 0 Å². The van der Waals surface area contributed by atoms with Crippen LogP contribution in [0.5, 0.6) is 0 Å². The molecule has 0 fully saturated rings. The van der Waals surface area contributed by atoms with Gasteiger partial charge in [-0.2, -0.15) is 0 Å². The highest BCUT2D eigenvalue weighted by Gasteiger charge is 2.18. The Balaban J connectivity index is 2.68. The molecule has 3 nitrogen and oxygen atoms in total. The first-order chi connectivity index (χ1) is 6.29. The van der Waals surface area contributed by atoms with Gasteiger partial charge in [0.1, 0.15) is 0 Å². The summed E-state index contributed by atoms with van der Waals surface area (Å²) in [5, 5.41) is 8.91. The molecule has 1 aromatic rings. The molecule has 1 rings (SSSR count). The molecule has 1 heterocycles. The van der Waals surface area contributed by atoms with E-state index >= 15 is 0 Å². The quantitative estimate of drug-likeness (QED) is 0.754. The zero-order valence-corrected chi connectivity index (χ0v) is 8.63. The van der Waals surface area contributed by atoms with Crippen LogP contribution in [-0.4, -0.2) is 22.7 Å². The zero-order chi connectivity index (χ0) is 9.68. The fourth-order valence-electron chi connectivity index (χ4n) is 1.40. The molecule has 0 saturated heterocycles. The molecule has 3 N–H and O–H groups in total. The minimum absolute atomic E-state index is 0.132. The van der Waals surface area contributed by atoms with Crippen LogP contribution in [-0.2, 0) is 0 Å². The van der Waals surface area contributed by atoms with Gasteiger partial charge >= 0.3 is 0 Å². The number of nitrogens with two attached hydrogens (primary N) is 1. The number of aliphatic hydroxyl groups is 1. The third kappa shape index (κ3) is 2.76. The fourth-order valence-corrected chi connectivity index (χ4v) is 2.23. The molecule has 0 spiro atoms. The SMILES string of the molecule is CCC(N)C(CCO)c1cncs1. The maximum Gasteiger partial charge on any atom is 0.0794 e. The number of aromatic nitrogens is 1. The van der Waals surface area contributed by atoms with E-state index in [1.165, 1.54) is 4.88 Å². The van der Waals surface area contributed by atoms with Crippen LogP contribution in [0, 0.1) is 0 Å². The van der Waals surface area contributed by atoms with Gasteiger partial charge in [0.05, 0.1) is 5.51 Å². The topological polar surface area (TPSA) is 59.1 Å². The number of hydrogen-bond acceptors (Lipinski definition) is 4. The van der Waals surface area contributed by atoms with E-state index in [2.05, 4.69) is 11.9 Å². The Kier molecular flexibility index (Phi) is 4.35. The predicted molar refractivity (Wildman–Crippen MR) is 54.8 cm³/mol. The summed E-state index contributed by atoms with van der Waals surface area (Å²) < 4.78 is 0. The Morgan fingerprint density at radius 2 is 2.46 bits per heavy atom. The standard InChI is InChI=1S/C9H16N2OS/c1-2-8(10)7(3-4-12)9-5-11-6-13-9/h5-8,12H,2-4,10H2,1H3. The smallest absolute Gasteiger partial charge is 0.0794 e. The van der Waals surface area contributed by atoms with Crippen LogP contribution in [0.2, 0.25) is 0 Å². The molecule has 0 aliphatic rings. The third-order valence-electron chi connectivity index (χ3n) is 2.25. The van der Waals surface area contributed by atoms with E-state index in [1.807, 2.05) is 11.7 Å². The molecule has 0 saturated carbocycles. The summed E-state index contributed by atoms with van der Waals surface area (Å²) in [5.74, 6) is 0.266. The van der Waals surface area contributed by atoms with Gasteiger partial charge in [-0.15, -0.1) is 11.3 Å². The first-order valence-electron chi connectivity index (χ1n) is 4.54. The molecule has 13 heavy (non-hydrogen) atoms. The van der Waals surface area contributed by atoms with E-state index in [0.717, 1.165) is 12.8 Å². The second-order valence-corrected chi connectivity index (χ2v) is 4.01. The van der Waals surface area contributed by atoms with Crippen LogP contribution in [0.1, 0.15) is 30.6 Å². The Labute approximate surface area is 82.6 Å². The van der Waals surface area contributed by atoms with E-state index in [9.17, 15) is 0 Å². The lowest BCUT2D eigenvalue weighted by Gasteiger charge is -2.20. The van der Waals surface area contributed by atoms with Crippen LogP contribution >= 0.6 is 11.3 Å². The Morgan fingerprint density at radius 1 is 1.69 bits per heavy atom. The number of aliphatic hydroxyl groups excluding tert-OH is 1. The minimum Gasteiger partial charge on any atom is -0.396 e. The maximum absolute atomic E-state index is 8.91. The first kappa shape index (κ1) is 10.6. The highest BCUT2D eigenvalue weighted by molar-refractivity contribution is 7.09. The maximum atomic E-state index is 8.91. The summed E-state index contributed by atoms with van der Waals surface area (Å²) >= 11 is 1.61. The van der Waals surface area contributed by atoms with Gasteiger partial charge in [-0.05, 0) is 12.8 Å². The van der Waals surface area contributed by atoms with Crippen molar-refractivity contribution >= 4 is 11.3 Å². The number of nitrogens with zero attached hydrogens (tertiary/aromatic N) is 1. The molecule has 4 heteroatoms. The Morgan fingerprint density at radius 3 is 2.92 bits per heavy atom. The molecule has 0 aromatic carbocycles. The molecule has 0 aliphatic carbocycles. The van der Waals surface area contributed by atoms with Gasteiger partial charge in [0.15, 0.2) is 0 Å². The lowest BCUT2D eigenvalue weighted by molar-refractivity contribution is 0.267. The lowest BCUT2D eigenvalue weighted by atomic mass is 9.94. The highest BCUT2D eigenvalue weighted by atomic mass is 32.1. The molecule has 0 aliphatic heterocycles. The van der Waals surface area contributed by atoms with Gasteiger partial charge in [0.25, 0.3) is 0 Å². The summed E-state index contributed by atoms with van der Waals surface area (Å²) in [4.78, 5) is 5.21. The number of rotatable bonds is 5. The average Bonchev–Trinajstić information content (AvgIpc) is 2.65. The van der Waals surface area contributed by atoms with Crippen molar-refractivity contribution in [3.8, 4) is 0 Å². The Bertz CT molecular complexity index is 226. The Hall–Kier alpha value is -0.450. The van der Waals surface area contributed by atoms with E-state index in [-0.39, 0.29) is 18.6 Å². The summed E-state index contributed by atoms with van der Waals surface area (Å²) in [6.45, 7) is 2.26. The largest absolute Gasteiger partial charge is 0.396 e.